The largest absolute Gasteiger partial charge is 0.316 e. The molecule has 0 bridgehead atoms. The van der Waals surface area contributed by atoms with Crippen LogP contribution < -0.4 is 5.32 Å². The van der Waals surface area contributed by atoms with E-state index in [4.69, 9.17) is 0 Å². The lowest BCUT2D eigenvalue weighted by molar-refractivity contribution is 0.189. The van der Waals surface area contributed by atoms with E-state index in [-0.39, 0.29) is 0 Å². The van der Waals surface area contributed by atoms with Gasteiger partial charge in [0.2, 0.25) is 0 Å². The van der Waals surface area contributed by atoms with E-state index in [1.54, 1.807) is 0 Å². The third kappa shape index (κ3) is 2.76. The molecule has 2 aliphatic rings. The molecule has 2 heterocycles. The minimum absolute atomic E-state index is 0.678. The van der Waals surface area contributed by atoms with E-state index in [2.05, 4.69) is 28.4 Å². The summed E-state index contributed by atoms with van der Waals surface area (Å²) in [5.74, 6) is 0.787. The van der Waals surface area contributed by atoms with Gasteiger partial charge in [0.15, 0.2) is 0 Å². The number of rotatable bonds is 4. The maximum absolute atomic E-state index is 4.62. The van der Waals surface area contributed by atoms with Crippen molar-refractivity contribution in [2.24, 2.45) is 0 Å². The Labute approximate surface area is 114 Å². The molecule has 100 valence electrons. The molecule has 1 saturated heterocycles. The molecule has 1 unspecified atom stereocenters. The average Bonchev–Trinajstić information content (AvgIpc) is 2.75. The summed E-state index contributed by atoms with van der Waals surface area (Å²) in [7, 11) is 2.08. The Hall–Kier alpha value is -0.450. The molecular weight excluding hydrogens is 242 g/mol. The highest BCUT2D eigenvalue weighted by Gasteiger charge is 2.23. The van der Waals surface area contributed by atoms with Crippen molar-refractivity contribution in [1.82, 2.24) is 15.2 Å². The Morgan fingerprint density at radius 1 is 1.39 bits per heavy atom. The minimum atomic E-state index is 0.678. The van der Waals surface area contributed by atoms with Gasteiger partial charge in [0.1, 0.15) is 0 Å². The molecule has 0 aromatic carbocycles. The molecule has 1 aliphatic carbocycles. The fourth-order valence-corrected chi connectivity index (χ4v) is 4.02. The summed E-state index contributed by atoms with van der Waals surface area (Å²) in [6.07, 6.45) is 8.87. The number of hydrogen-bond acceptors (Lipinski definition) is 4. The van der Waals surface area contributed by atoms with Gasteiger partial charge in [0.25, 0.3) is 0 Å². The van der Waals surface area contributed by atoms with Crippen LogP contribution in [0.15, 0.2) is 6.20 Å². The Balaban J connectivity index is 1.56. The van der Waals surface area contributed by atoms with E-state index in [1.807, 2.05) is 11.3 Å². The molecule has 0 radical (unpaired) electrons. The van der Waals surface area contributed by atoms with Crippen LogP contribution in [0.25, 0.3) is 0 Å². The molecule has 1 N–H and O–H groups in total. The van der Waals surface area contributed by atoms with Crippen LogP contribution in [-0.4, -0.2) is 36.1 Å². The highest BCUT2D eigenvalue weighted by molar-refractivity contribution is 7.11. The smallest absolute Gasteiger partial charge is 0.0959 e. The zero-order valence-electron chi connectivity index (χ0n) is 11.2. The number of thiazole rings is 1. The standard InChI is InChI=1S/C14H23N3S/c1-15-12-6-3-7-17(9-12)10-13-8-16-14(18-13)11-4-2-5-11/h8,11-12,15H,2-7,9-10H2,1H3. The third-order valence-electron chi connectivity index (χ3n) is 4.32. The first-order valence-electron chi connectivity index (χ1n) is 7.19. The van der Waals surface area contributed by atoms with Gasteiger partial charge in [-0.15, -0.1) is 11.3 Å². The van der Waals surface area contributed by atoms with E-state index < -0.39 is 0 Å². The monoisotopic (exact) mass is 265 g/mol. The second-order valence-electron chi connectivity index (χ2n) is 5.66. The molecular formula is C14H23N3S. The van der Waals surface area contributed by atoms with Crippen LogP contribution >= 0.6 is 11.3 Å². The van der Waals surface area contributed by atoms with Crippen molar-refractivity contribution in [3.63, 3.8) is 0 Å². The summed E-state index contributed by atoms with van der Waals surface area (Å²) < 4.78 is 0. The number of likely N-dealkylation sites (tertiary alicyclic amines) is 1. The Morgan fingerprint density at radius 3 is 3.00 bits per heavy atom. The Bertz CT molecular complexity index is 386. The SMILES string of the molecule is CNC1CCCN(Cc2cnc(C3CCC3)s2)C1. The fourth-order valence-electron chi connectivity index (χ4n) is 2.89. The molecule has 0 amide bonds. The molecule has 4 heteroatoms. The van der Waals surface area contributed by atoms with Gasteiger partial charge in [-0.2, -0.15) is 0 Å². The van der Waals surface area contributed by atoms with Gasteiger partial charge in [0.05, 0.1) is 5.01 Å². The number of likely N-dealkylation sites (N-methyl/N-ethyl adjacent to an activating group) is 1. The zero-order chi connectivity index (χ0) is 12.4. The molecule has 1 aromatic rings. The van der Waals surface area contributed by atoms with Gasteiger partial charge in [-0.25, -0.2) is 4.98 Å². The summed E-state index contributed by atoms with van der Waals surface area (Å²) in [5.41, 5.74) is 0. The second-order valence-corrected chi connectivity index (χ2v) is 6.80. The predicted octanol–water partition coefficient (Wildman–Crippen LogP) is 2.59. The average molecular weight is 265 g/mol. The van der Waals surface area contributed by atoms with Crippen molar-refractivity contribution < 1.29 is 0 Å². The first kappa shape index (κ1) is 12.6. The molecule has 3 nitrogen and oxygen atoms in total. The van der Waals surface area contributed by atoms with Gasteiger partial charge in [-0.1, -0.05) is 6.42 Å². The van der Waals surface area contributed by atoms with Crippen LogP contribution in [0.1, 0.15) is 47.9 Å². The summed E-state index contributed by atoms with van der Waals surface area (Å²) in [6.45, 7) is 3.53. The van der Waals surface area contributed by atoms with Crippen molar-refractivity contribution in [2.45, 2.75) is 50.6 Å². The summed E-state index contributed by atoms with van der Waals surface area (Å²) in [5, 5.41) is 4.79. The van der Waals surface area contributed by atoms with Gasteiger partial charge in [0, 0.05) is 36.1 Å². The van der Waals surface area contributed by atoms with Crippen molar-refractivity contribution in [2.75, 3.05) is 20.1 Å². The van der Waals surface area contributed by atoms with Crippen molar-refractivity contribution in [1.29, 1.82) is 0 Å². The first-order chi connectivity index (χ1) is 8.85. The van der Waals surface area contributed by atoms with Gasteiger partial charge >= 0.3 is 0 Å². The zero-order valence-corrected chi connectivity index (χ0v) is 12.0. The lowest BCUT2D eigenvalue weighted by atomic mass is 9.86. The van der Waals surface area contributed by atoms with Crippen molar-refractivity contribution in [3.8, 4) is 0 Å². The summed E-state index contributed by atoms with van der Waals surface area (Å²) in [6, 6.07) is 0.678. The van der Waals surface area contributed by atoms with Crippen LogP contribution in [0.5, 0.6) is 0 Å². The van der Waals surface area contributed by atoms with Crippen LogP contribution in [0, 0.1) is 0 Å². The van der Waals surface area contributed by atoms with E-state index in [9.17, 15) is 0 Å². The highest BCUT2D eigenvalue weighted by atomic mass is 32.1. The molecule has 1 aromatic heterocycles. The highest BCUT2D eigenvalue weighted by Crippen LogP contribution is 2.38. The van der Waals surface area contributed by atoms with Crippen molar-refractivity contribution >= 4 is 11.3 Å². The van der Waals surface area contributed by atoms with E-state index in [0.29, 0.717) is 6.04 Å². The van der Waals surface area contributed by atoms with Gasteiger partial charge in [-0.05, 0) is 39.3 Å². The Kier molecular flexibility index (Phi) is 3.97. The normalized spacial score (nSPS) is 26.2. The molecule has 1 atom stereocenters. The lowest BCUT2D eigenvalue weighted by Crippen LogP contribution is -2.43. The summed E-state index contributed by atoms with van der Waals surface area (Å²) >= 11 is 1.95. The first-order valence-corrected chi connectivity index (χ1v) is 8.01. The number of aromatic nitrogens is 1. The molecule has 1 saturated carbocycles. The van der Waals surface area contributed by atoms with E-state index >= 15 is 0 Å². The third-order valence-corrected chi connectivity index (χ3v) is 5.46. The minimum Gasteiger partial charge on any atom is -0.316 e. The molecule has 18 heavy (non-hydrogen) atoms. The number of piperidine rings is 1. The lowest BCUT2D eigenvalue weighted by Gasteiger charge is -2.32. The Morgan fingerprint density at radius 2 is 2.28 bits per heavy atom. The van der Waals surface area contributed by atoms with Crippen molar-refractivity contribution in [3.05, 3.63) is 16.1 Å². The van der Waals surface area contributed by atoms with Gasteiger partial charge in [-0.3, -0.25) is 4.90 Å². The van der Waals surface area contributed by atoms with Crippen LogP contribution in [-0.2, 0) is 6.54 Å². The molecule has 0 spiro atoms. The van der Waals surface area contributed by atoms with Crippen LogP contribution in [0.2, 0.25) is 0 Å². The number of nitrogens with one attached hydrogen (secondary N) is 1. The topological polar surface area (TPSA) is 28.2 Å². The summed E-state index contributed by atoms with van der Waals surface area (Å²) in [4.78, 5) is 8.64. The van der Waals surface area contributed by atoms with Gasteiger partial charge < -0.3 is 5.32 Å². The van der Waals surface area contributed by atoms with E-state index in [1.165, 1.54) is 55.1 Å². The predicted molar refractivity (Wildman–Crippen MR) is 76.1 cm³/mol. The maximum Gasteiger partial charge on any atom is 0.0959 e. The maximum atomic E-state index is 4.62. The molecule has 3 rings (SSSR count). The second kappa shape index (κ2) is 5.68. The quantitative estimate of drug-likeness (QED) is 0.907. The fraction of sp³-hybridized carbons (Fsp3) is 0.786. The molecule has 2 fully saturated rings. The van der Waals surface area contributed by atoms with Crippen LogP contribution in [0.3, 0.4) is 0 Å². The van der Waals surface area contributed by atoms with Crippen LogP contribution in [0.4, 0.5) is 0 Å². The molecule has 1 aliphatic heterocycles. The number of hydrogen-bond donors (Lipinski definition) is 1. The van der Waals surface area contributed by atoms with E-state index in [0.717, 1.165) is 12.5 Å². The number of nitrogens with zero attached hydrogens (tertiary/aromatic N) is 2.